The number of aliphatic hydroxyl groups is 1. The molecule has 1 unspecified atom stereocenters. The monoisotopic (exact) mass is 439 g/mol. The van der Waals surface area contributed by atoms with Gasteiger partial charge in [0.15, 0.2) is 0 Å². The number of unbranched alkanes of at least 4 members (excludes halogenated alkanes) is 10. The van der Waals surface area contributed by atoms with Crippen LogP contribution < -0.4 is 5.32 Å². The van der Waals surface area contributed by atoms with Gasteiger partial charge in [-0.25, -0.2) is 4.79 Å². The van der Waals surface area contributed by atoms with E-state index in [0.29, 0.717) is 6.42 Å². The maximum atomic E-state index is 11.7. The highest BCUT2D eigenvalue weighted by Crippen LogP contribution is 2.09. The first-order valence-corrected chi connectivity index (χ1v) is 11.6. The van der Waals surface area contributed by atoms with Gasteiger partial charge in [-0.2, -0.15) is 0 Å². The highest BCUT2D eigenvalue weighted by Gasteiger charge is 2.22. The van der Waals surface area contributed by atoms with E-state index in [1.807, 2.05) is 0 Å². The molecule has 0 spiro atoms. The van der Waals surface area contributed by atoms with Crippen molar-refractivity contribution in [3.05, 3.63) is 24.3 Å². The van der Waals surface area contributed by atoms with Gasteiger partial charge in [0.25, 0.3) is 0 Å². The van der Waals surface area contributed by atoms with E-state index < -0.39 is 30.3 Å². The Kier molecular flexibility index (Phi) is 19.6. The zero-order chi connectivity index (χ0) is 23.2. The molecule has 1 atom stereocenters. The van der Waals surface area contributed by atoms with Crippen molar-refractivity contribution in [2.45, 2.75) is 102 Å². The average Bonchev–Trinajstić information content (AvgIpc) is 2.72. The standard InChI is InChI=1S/C24H41NO6/c26-19-17-15-13-11-9-7-5-3-1-2-4-6-8-10-12-14-16-18-22(27)25-21(24(30)31)20-23(28)29/h8-11,21,26H,1-7,12-20H2,(H,25,27)(H,28,29)(H,30,31)/b10-8-,11-9-. The molecule has 1 amide bonds. The van der Waals surface area contributed by atoms with E-state index in [2.05, 4.69) is 29.6 Å². The first-order valence-electron chi connectivity index (χ1n) is 11.6. The van der Waals surface area contributed by atoms with Crippen LogP contribution in [0, 0.1) is 0 Å². The van der Waals surface area contributed by atoms with E-state index in [1.54, 1.807) is 0 Å². The Labute approximate surface area is 186 Å². The van der Waals surface area contributed by atoms with E-state index in [1.165, 1.54) is 32.1 Å². The van der Waals surface area contributed by atoms with Crippen molar-refractivity contribution < 1.29 is 29.7 Å². The second kappa shape index (κ2) is 21.1. The van der Waals surface area contributed by atoms with E-state index in [0.717, 1.165) is 44.9 Å². The van der Waals surface area contributed by atoms with Crippen molar-refractivity contribution in [1.29, 1.82) is 0 Å². The number of amides is 1. The quantitative estimate of drug-likeness (QED) is 0.153. The van der Waals surface area contributed by atoms with Crippen molar-refractivity contribution in [2.24, 2.45) is 0 Å². The Morgan fingerprint density at radius 2 is 1.13 bits per heavy atom. The van der Waals surface area contributed by atoms with Crippen LogP contribution in [0.3, 0.4) is 0 Å². The van der Waals surface area contributed by atoms with Crippen LogP contribution in [0.15, 0.2) is 24.3 Å². The number of allylic oxidation sites excluding steroid dienone is 4. The lowest BCUT2D eigenvalue weighted by Crippen LogP contribution is -2.42. The molecule has 0 aromatic carbocycles. The summed E-state index contributed by atoms with van der Waals surface area (Å²) < 4.78 is 0. The highest BCUT2D eigenvalue weighted by molar-refractivity contribution is 5.86. The summed E-state index contributed by atoms with van der Waals surface area (Å²) in [5.41, 5.74) is 0. The Hall–Kier alpha value is -2.15. The topological polar surface area (TPSA) is 124 Å². The summed E-state index contributed by atoms with van der Waals surface area (Å²) in [7, 11) is 0. The molecule has 0 aliphatic rings. The first kappa shape index (κ1) is 28.9. The van der Waals surface area contributed by atoms with Crippen molar-refractivity contribution in [3.8, 4) is 0 Å². The molecular weight excluding hydrogens is 398 g/mol. The molecule has 0 heterocycles. The molecule has 0 fully saturated rings. The van der Waals surface area contributed by atoms with E-state index in [9.17, 15) is 14.4 Å². The lowest BCUT2D eigenvalue weighted by atomic mass is 10.1. The number of rotatable bonds is 21. The van der Waals surface area contributed by atoms with Gasteiger partial charge < -0.3 is 20.6 Å². The van der Waals surface area contributed by atoms with Gasteiger partial charge in [0.1, 0.15) is 6.04 Å². The number of carboxylic acid groups (broad SMARTS) is 2. The highest BCUT2D eigenvalue weighted by atomic mass is 16.4. The number of carbonyl (C=O) groups excluding carboxylic acids is 1. The Morgan fingerprint density at radius 1 is 0.677 bits per heavy atom. The van der Waals surface area contributed by atoms with Crippen molar-refractivity contribution in [2.75, 3.05) is 6.61 Å². The molecule has 0 aliphatic heterocycles. The summed E-state index contributed by atoms with van der Waals surface area (Å²) in [6.07, 6.45) is 22.2. The SMILES string of the molecule is O=C(O)CC(NC(=O)CCCC/C=C\CCCCCCC/C=C\CCCCO)C(=O)O. The normalized spacial score (nSPS) is 12.4. The smallest absolute Gasteiger partial charge is 0.326 e. The van der Waals surface area contributed by atoms with Gasteiger partial charge in [-0.1, -0.05) is 43.6 Å². The minimum Gasteiger partial charge on any atom is -0.481 e. The summed E-state index contributed by atoms with van der Waals surface area (Å²) in [5.74, 6) is -3.01. The summed E-state index contributed by atoms with van der Waals surface area (Å²) in [5, 5.41) is 28.5. The molecule has 7 heteroatoms. The van der Waals surface area contributed by atoms with Crippen LogP contribution in [-0.4, -0.2) is 45.8 Å². The zero-order valence-electron chi connectivity index (χ0n) is 18.8. The third kappa shape index (κ3) is 20.9. The molecule has 178 valence electrons. The van der Waals surface area contributed by atoms with Gasteiger partial charge >= 0.3 is 11.9 Å². The summed E-state index contributed by atoms with van der Waals surface area (Å²) in [4.78, 5) is 33.2. The molecule has 31 heavy (non-hydrogen) atoms. The lowest BCUT2D eigenvalue weighted by molar-refractivity contribution is -0.147. The fourth-order valence-electron chi connectivity index (χ4n) is 3.09. The van der Waals surface area contributed by atoms with Gasteiger partial charge in [0, 0.05) is 13.0 Å². The molecule has 0 radical (unpaired) electrons. The average molecular weight is 440 g/mol. The molecule has 0 bridgehead atoms. The second-order valence-corrected chi connectivity index (χ2v) is 7.81. The number of aliphatic hydroxyl groups excluding tert-OH is 1. The van der Waals surface area contributed by atoms with Crippen molar-refractivity contribution in [3.63, 3.8) is 0 Å². The second-order valence-electron chi connectivity index (χ2n) is 7.81. The zero-order valence-corrected chi connectivity index (χ0v) is 18.8. The van der Waals surface area contributed by atoms with Gasteiger partial charge in [-0.3, -0.25) is 9.59 Å². The van der Waals surface area contributed by atoms with E-state index >= 15 is 0 Å². The molecule has 0 aromatic heterocycles. The minimum absolute atomic E-state index is 0.203. The van der Waals surface area contributed by atoms with Crippen LogP contribution >= 0.6 is 0 Å². The van der Waals surface area contributed by atoms with Crippen molar-refractivity contribution in [1.82, 2.24) is 5.32 Å². The molecule has 0 saturated heterocycles. The van der Waals surface area contributed by atoms with Gasteiger partial charge in [0.2, 0.25) is 5.91 Å². The van der Waals surface area contributed by atoms with Crippen LogP contribution in [0.2, 0.25) is 0 Å². The molecule has 0 saturated carbocycles. The Bertz CT molecular complexity index is 544. The summed E-state index contributed by atoms with van der Waals surface area (Å²) in [6.45, 7) is 0.288. The number of hydrogen-bond acceptors (Lipinski definition) is 4. The maximum absolute atomic E-state index is 11.7. The van der Waals surface area contributed by atoms with Crippen LogP contribution in [0.1, 0.15) is 96.3 Å². The third-order valence-corrected chi connectivity index (χ3v) is 4.89. The minimum atomic E-state index is -1.37. The predicted octanol–water partition coefficient (Wildman–Crippen LogP) is 4.60. The number of carboxylic acids is 2. The first-order chi connectivity index (χ1) is 15.0. The predicted molar refractivity (Wildman–Crippen MR) is 122 cm³/mol. The summed E-state index contributed by atoms with van der Waals surface area (Å²) >= 11 is 0. The molecular formula is C24H41NO6. The fraction of sp³-hybridized carbons (Fsp3) is 0.708. The number of carbonyl (C=O) groups is 3. The molecule has 0 rings (SSSR count). The van der Waals surface area contributed by atoms with Crippen LogP contribution in [0.5, 0.6) is 0 Å². The fourth-order valence-corrected chi connectivity index (χ4v) is 3.09. The Morgan fingerprint density at radius 3 is 1.58 bits per heavy atom. The lowest BCUT2D eigenvalue weighted by Gasteiger charge is -2.12. The molecule has 0 aliphatic carbocycles. The van der Waals surface area contributed by atoms with Gasteiger partial charge in [0.05, 0.1) is 6.42 Å². The number of hydrogen-bond donors (Lipinski definition) is 4. The Balaban J connectivity index is 3.50. The van der Waals surface area contributed by atoms with Crippen LogP contribution in [0.25, 0.3) is 0 Å². The van der Waals surface area contributed by atoms with Crippen LogP contribution in [-0.2, 0) is 14.4 Å². The molecule has 0 aromatic rings. The van der Waals surface area contributed by atoms with Crippen LogP contribution in [0.4, 0.5) is 0 Å². The third-order valence-electron chi connectivity index (χ3n) is 4.89. The number of aliphatic carboxylic acids is 2. The summed E-state index contributed by atoms with van der Waals surface area (Å²) in [6, 6.07) is -1.37. The van der Waals surface area contributed by atoms with Gasteiger partial charge in [-0.15, -0.1) is 0 Å². The van der Waals surface area contributed by atoms with E-state index in [4.69, 9.17) is 15.3 Å². The maximum Gasteiger partial charge on any atom is 0.326 e. The van der Waals surface area contributed by atoms with Crippen molar-refractivity contribution >= 4 is 17.8 Å². The molecule has 4 N–H and O–H groups in total. The van der Waals surface area contributed by atoms with Gasteiger partial charge in [-0.05, 0) is 64.2 Å². The molecule has 7 nitrogen and oxygen atoms in total. The van der Waals surface area contributed by atoms with E-state index in [-0.39, 0.29) is 13.0 Å². The largest absolute Gasteiger partial charge is 0.481 e. The number of nitrogens with one attached hydrogen (secondary N) is 1.